The second-order valence-corrected chi connectivity index (χ2v) is 8.67. The molecule has 0 saturated carbocycles. The molecule has 26 heavy (non-hydrogen) atoms. The molecule has 2 N–H and O–H groups in total. The van der Waals surface area contributed by atoms with Gasteiger partial charge in [-0.25, -0.2) is 4.98 Å². The monoisotopic (exact) mass is 407 g/mol. The van der Waals surface area contributed by atoms with E-state index < -0.39 is 0 Å². The molecule has 0 aliphatic rings. The molecule has 10 heteroatoms. The zero-order chi connectivity index (χ0) is 18.5. The van der Waals surface area contributed by atoms with E-state index in [1.807, 2.05) is 31.4 Å². The lowest BCUT2D eigenvalue weighted by Gasteiger charge is -2.00. The number of anilines is 2. The van der Waals surface area contributed by atoms with Crippen LogP contribution in [0.4, 0.5) is 10.3 Å². The zero-order valence-electron chi connectivity index (χ0n) is 14.2. The summed E-state index contributed by atoms with van der Waals surface area (Å²) < 4.78 is 0. The molecule has 0 aliphatic carbocycles. The molecule has 2 amide bonds. The lowest BCUT2D eigenvalue weighted by molar-refractivity contribution is -0.116. The largest absolute Gasteiger partial charge is 0.302 e. The van der Waals surface area contributed by atoms with Gasteiger partial charge in [-0.3, -0.25) is 9.59 Å². The van der Waals surface area contributed by atoms with Crippen LogP contribution >= 0.6 is 34.0 Å². The lowest BCUT2D eigenvalue weighted by Crippen LogP contribution is -2.15. The zero-order valence-corrected chi connectivity index (χ0v) is 16.6. The van der Waals surface area contributed by atoms with Gasteiger partial charge in [-0.2, -0.15) is 0 Å². The third-order valence-electron chi connectivity index (χ3n) is 3.24. The average molecular weight is 408 g/mol. The third-order valence-corrected chi connectivity index (χ3v) is 6.06. The van der Waals surface area contributed by atoms with E-state index in [4.69, 9.17) is 0 Å². The van der Waals surface area contributed by atoms with E-state index in [1.54, 1.807) is 5.38 Å². The van der Waals surface area contributed by atoms with Crippen molar-refractivity contribution in [2.75, 3.05) is 10.6 Å². The highest BCUT2D eigenvalue weighted by atomic mass is 32.1. The molecule has 7 nitrogen and oxygen atoms in total. The molecule has 136 valence electrons. The van der Waals surface area contributed by atoms with E-state index in [2.05, 4.69) is 25.8 Å². The van der Waals surface area contributed by atoms with Gasteiger partial charge >= 0.3 is 0 Å². The molecule has 0 spiro atoms. The first-order chi connectivity index (χ1) is 12.5. The molecule has 0 unspecified atom stereocenters. The fourth-order valence-corrected chi connectivity index (χ4v) is 4.22. The molecular weight excluding hydrogens is 390 g/mol. The summed E-state index contributed by atoms with van der Waals surface area (Å²) in [5.41, 5.74) is 0.604. The Balaban J connectivity index is 1.50. The Morgan fingerprint density at radius 2 is 1.85 bits per heavy atom. The summed E-state index contributed by atoms with van der Waals surface area (Å²) in [5.74, 6) is -0.0527. The van der Waals surface area contributed by atoms with Gasteiger partial charge in [-0.05, 0) is 11.4 Å². The summed E-state index contributed by atoms with van der Waals surface area (Å²) in [4.78, 5) is 29.4. The second kappa shape index (κ2) is 8.47. The van der Waals surface area contributed by atoms with E-state index >= 15 is 0 Å². The van der Waals surface area contributed by atoms with Crippen molar-refractivity contribution in [2.24, 2.45) is 0 Å². The fraction of sp³-hybridized carbons (Fsp3) is 0.312. The van der Waals surface area contributed by atoms with Crippen LogP contribution in [0.3, 0.4) is 0 Å². The first kappa shape index (κ1) is 18.6. The molecule has 0 saturated heterocycles. The van der Waals surface area contributed by atoms with Crippen molar-refractivity contribution in [3.8, 4) is 0 Å². The van der Waals surface area contributed by atoms with E-state index in [-0.39, 0.29) is 24.2 Å². The number of rotatable bonds is 7. The molecular formula is C16H17N5O2S3. The minimum Gasteiger partial charge on any atom is -0.302 e. The normalized spacial score (nSPS) is 10.9. The van der Waals surface area contributed by atoms with Crippen molar-refractivity contribution in [1.29, 1.82) is 0 Å². The van der Waals surface area contributed by atoms with Gasteiger partial charge in [0, 0.05) is 16.2 Å². The van der Waals surface area contributed by atoms with Gasteiger partial charge in [-0.15, -0.1) is 32.9 Å². The number of nitrogens with zero attached hydrogens (tertiary/aromatic N) is 3. The van der Waals surface area contributed by atoms with Crippen molar-refractivity contribution >= 4 is 56.1 Å². The average Bonchev–Trinajstić information content (AvgIpc) is 3.30. The highest BCUT2D eigenvalue weighted by Gasteiger charge is 2.13. The van der Waals surface area contributed by atoms with Crippen molar-refractivity contribution in [3.05, 3.63) is 38.5 Å². The number of thiophene rings is 1. The maximum absolute atomic E-state index is 12.1. The van der Waals surface area contributed by atoms with Gasteiger partial charge in [0.05, 0.1) is 18.5 Å². The molecule has 3 aromatic rings. The Morgan fingerprint density at radius 1 is 1.08 bits per heavy atom. The number of thiazole rings is 1. The molecule has 3 aromatic heterocycles. The summed E-state index contributed by atoms with van der Waals surface area (Å²) in [6.07, 6.45) is 0.441. The highest BCUT2D eigenvalue weighted by Crippen LogP contribution is 2.23. The maximum Gasteiger partial charge on any atom is 0.232 e. The van der Waals surface area contributed by atoms with Gasteiger partial charge < -0.3 is 10.6 Å². The Hall–Kier alpha value is -2.17. The van der Waals surface area contributed by atoms with E-state index in [9.17, 15) is 9.59 Å². The predicted molar refractivity (Wildman–Crippen MR) is 105 cm³/mol. The summed E-state index contributed by atoms with van der Waals surface area (Å²) in [6.45, 7) is 4.05. The van der Waals surface area contributed by atoms with Gasteiger partial charge in [0.25, 0.3) is 0 Å². The number of carbonyl (C=O) groups excluding carboxylic acids is 2. The molecule has 0 bridgehead atoms. The predicted octanol–water partition coefficient (Wildman–Crippen LogP) is 3.54. The van der Waals surface area contributed by atoms with Crippen LogP contribution in [-0.2, 0) is 22.4 Å². The summed E-state index contributed by atoms with van der Waals surface area (Å²) in [5, 5.41) is 19.0. The smallest absolute Gasteiger partial charge is 0.232 e. The van der Waals surface area contributed by atoms with Crippen LogP contribution in [0.1, 0.15) is 35.3 Å². The van der Waals surface area contributed by atoms with Gasteiger partial charge in [-0.1, -0.05) is 31.3 Å². The highest BCUT2D eigenvalue weighted by molar-refractivity contribution is 7.15. The molecule has 0 aromatic carbocycles. The number of hydrogen-bond donors (Lipinski definition) is 2. The van der Waals surface area contributed by atoms with Crippen molar-refractivity contribution in [1.82, 2.24) is 15.2 Å². The van der Waals surface area contributed by atoms with E-state index in [0.29, 0.717) is 22.4 Å². The SMILES string of the molecule is CC(C)c1nnc(NC(=O)Cc2csc(NC(=O)Cc3cccs3)n2)s1. The number of hydrogen-bond acceptors (Lipinski definition) is 8. The third kappa shape index (κ3) is 5.16. The maximum atomic E-state index is 12.1. The van der Waals surface area contributed by atoms with Crippen molar-refractivity contribution in [2.45, 2.75) is 32.6 Å². The van der Waals surface area contributed by atoms with Gasteiger partial charge in [0.15, 0.2) is 5.13 Å². The molecule has 0 fully saturated rings. The fourth-order valence-electron chi connectivity index (χ4n) is 2.03. The Labute approximate surface area is 162 Å². The minimum atomic E-state index is -0.210. The van der Waals surface area contributed by atoms with Crippen LogP contribution in [0.15, 0.2) is 22.9 Å². The van der Waals surface area contributed by atoms with Crippen LogP contribution < -0.4 is 10.6 Å². The van der Waals surface area contributed by atoms with Gasteiger partial charge in [0.1, 0.15) is 5.01 Å². The molecule has 0 radical (unpaired) electrons. The van der Waals surface area contributed by atoms with Crippen molar-refractivity contribution < 1.29 is 9.59 Å². The first-order valence-corrected chi connectivity index (χ1v) is 10.5. The van der Waals surface area contributed by atoms with Gasteiger partial charge in [0.2, 0.25) is 16.9 Å². The topological polar surface area (TPSA) is 96.9 Å². The molecule has 0 atom stereocenters. The number of aromatic nitrogens is 3. The molecule has 3 rings (SSSR count). The van der Waals surface area contributed by atoms with Crippen LogP contribution in [-0.4, -0.2) is 27.0 Å². The minimum absolute atomic E-state index is 0.118. The van der Waals surface area contributed by atoms with Crippen LogP contribution in [0.5, 0.6) is 0 Å². The van der Waals surface area contributed by atoms with Crippen LogP contribution in [0.25, 0.3) is 0 Å². The van der Waals surface area contributed by atoms with E-state index in [0.717, 1.165) is 9.88 Å². The number of nitrogens with one attached hydrogen (secondary N) is 2. The summed E-state index contributed by atoms with van der Waals surface area (Å²) in [7, 11) is 0. The number of carbonyl (C=O) groups is 2. The quantitative estimate of drug-likeness (QED) is 0.624. The molecule has 0 aliphatic heterocycles. The standard InChI is InChI=1S/C16H17N5O2S3/c1-9(2)14-20-21-16(26-14)19-12(22)6-10-8-25-15(17-10)18-13(23)7-11-4-3-5-24-11/h3-5,8-9H,6-7H2,1-2H3,(H,17,18,23)(H,19,21,22). The second-order valence-electron chi connectivity index (χ2n) is 5.77. The van der Waals surface area contributed by atoms with Crippen LogP contribution in [0, 0.1) is 0 Å². The molecule has 3 heterocycles. The Bertz CT molecular complexity index is 885. The Morgan fingerprint density at radius 3 is 2.54 bits per heavy atom. The number of amides is 2. The van der Waals surface area contributed by atoms with E-state index in [1.165, 1.54) is 34.0 Å². The van der Waals surface area contributed by atoms with Crippen LogP contribution in [0.2, 0.25) is 0 Å². The Kier molecular flexibility index (Phi) is 6.07. The summed E-state index contributed by atoms with van der Waals surface area (Å²) >= 11 is 4.21. The summed E-state index contributed by atoms with van der Waals surface area (Å²) in [6, 6.07) is 3.83. The lowest BCUT2D eigenvalue weighted by atomic mass is 10.2. The van der Waals surface area contributed by atoms with Crippen molar-refractivity contribution in [3.63, 3.8) is 0 Å². The first-order valence-electron chi connectivity index (χ1n) is 7.89.